The normalized spacial score (nSPS) is 14.8. The quantitative estimate of drug-likeness (QED) is 0.492. The minimum Gasteiger partial charge on any atom is -0.468 e. The van der Waals surface area contributed by atoms with Gasteiger partial charge in [-0.3, -0.25) is 9.69 Å². The highest BCUT2D eigenvalue weighted by atomic mass is 16.3. The van der Waals surface area contributed by atoms with E-state index in [4.69, 9.17) is 4.42 Å². The van der Waals surface area contributed by atoms with Gasteiger partial charge in [-0.05, 0) is 65.4 Å². The average Bonchev–Trinajstić information content (AvgIpc) is 3.51. The predicted octanol–water partition coefficient (Wildman–Crippen LogP) is 3.73. The van der Waals surface area contributed by atoms with Crippen molar-refractivity contribution in [3.05, 3.63) is 75.7 Å². The monoisotopic (exact) mass is 418 g/mol. The van der Waals surface area contributed by atoms with E-state index < -0.39 is 0 Å². The lowest BCUT2D eigenvalue weighted by molar-refractivity contribution is 0.213. The molecule has 0 amide bonds. The Morgan fingerprint density at radius 1 is 1.16 bits per heavy atom. The number of furan rings is 1. The fourth-order valence-electron chi connectivity index (χ4n) is 4.46. The number of aryl methyl sites for hydroxylation is 1. The Kier molecular flexibility index (Phi) is 5.38. The lowest BCUT2D eigenvalue weighted by Gasteiger charge is -2.21. The minimum absolute atomic E-state index is 0.0714. The van der Waals surface area contributed by atoms with Crippen LogP contribution >= 0.6 is 0 Å². The fraction of sp³-hybridized carbons (Fsp3) is 0.391. The lowest BCUT2D eigenvalue weighted by Crippen LogP contribution is -2.28. The number of fused-ring (bicyclic) bond motifs is 1. The summed E-state index contributed by atoms with van der Waals surface area (Å²) in [5, 5.41) is 13.5. The van der Waals surface area contributed by atoms with E-state index in [0.717, 1.165) is 40.9 Å². The molecule has 0 saturated heterocycles. The van der Waals surface area contributed by atoms with E-state index in [-0.39, 0.29) is 5.56 Å². The summed E-state index contributed by atoms with van der Waals surface area (Å²) in [5.74, 6) is 1.67. The Hall–Kier alpha value is -3.26. The van der Waals surface area contributed by atoms with Gasteiger partial charge in [0.1, 0.15) is 5.76 Å². The number of hydrogen-bond donors (Lipinski definition) is 1. The number of H-pyrrole nitrogens is 1. The number of pyridine rings is 1. The topological polar surface area (TPSA) is 92.8 Å². The van der Waals surface area contributed by atoms with Gasteiger partial charge in [0.25, 0.3) is 5.56 Å². The summed E-state index contributed by atoms with van der Waals surface area (Å²) in [6.07, 6.45) is 6.32. The van der Waals surface area contributed by atoms with Gasteiger partial charge in [-0.25, -0.2) is 4.68 Å². The molecule has 0 unspecified atom stereocenters. The summed E-state index contributed by atoms with van der Waals surface area (Å²) < 4.78 is 7.55. The number of aromatic nitrogens is 5. The lowest BCUT2D eigenvalue weighted by atomic mass is 10.1. The molecule has 0 aliphatic heterocycles. The maximum absolute atomic E-state index is 12.8. The van der Waals surface area contributed by atoms with Crippen molar-refractivity contribution < 1.29 is 4.42 Å². The van der Waals surface area contributed by atoms with Crippen LogP contribution in [0.25, 0.3) is 10.9 Å². The predicted molar refractivity (Wildman–Crippen MR) is 116 cm³/mol. The van der Waals surface area contributed by atoms with Gasteiger partial charge in [-0.2, -0.15) is 0 Å². The SMILES string of the molecule is Cc1ccc2cc(CN(Cc3ccco3)Cc3nnnn3C3CCCC3)c(=O)[nH]c2c1. The second-order valence-electron chi connectivity index (χ2n) is 8.42. The molecule has 1 fully saturated rings. The van der Waals surface area contributed by atoms with E-state index >= 15 is 0 Å². The van der Waals surface area contributed by atoms with E-state index in [0.29, 0.717) is 31.2 Å². The molecule has 1 saturated carbocycles. The van der Waals surface area contributed by atoms with Crippen molar-refractivity contribution in [3.63, 3.8) is 0 Å². The van der Waals surface area contributed by atoms with Crippen LogP contribution in [0.5, 0.6) is 0 Å². The summed E-state index contributed by atoms with van der Waals surface area (Å²) in [7, 11) is 0. The maximum Gasteiger partial charge on any atom is 0.252 e. The van der Waals surface area contributed by atoms with Gasteiger partial charge in [0.2, 0.25) is 0 Å². The molecule has 0 radical (unpaired) electrons. The molecule has 1 aliphatic rings. The molecule has 3 aromatic heterocycles. The van der Waals surface area contributed by atoms with Gasteiger partial charge >= 0.3 is 0 Å². The molecule has 1 aliphatic carbocycles. The van der Waals surface area contributed by atoms with Crippen LogP contribution in [-0.2, 0) is 19.6 Å². The zero-order chi connectivity index (χ0) is 21.2. The third-order valence-electron chi connectivity index (χ3n) is 6.03. The zero-order valence-corrected chi connectivity index (χ0v) is 17.6. The van der Waals surface area contributed by atoms with Gasteiger partial charge in [0, 0.05) is 17.6 Å². The van der Waals surface area contributed by atoms with E-state index in [1.807, 2.05) is 41.9 Å². The third kappa shape index (κ3) is 4.29. The van der Waals surface area contributed by atoms with Crippen LogP contribution in [0, 0.1) is 6.92 Å². The number of nitrogens with zero attached hydrogens (tertiary/aromatic N) is 5. The first kappa shape index (κ1) is 19.7. The molecule has 1 aromatic carbocycles. The van der Waals surface area contributed by atoms with E-state index in [1.165, 1.54) is 12.8 Å². The molecule has 1 N–H and O–H groups in total. The van der Waals surface area contributed by atoms with Crippen LogP contribution in [0.1, 0.15) is 54.4 Å². The molecular weight excluding hydrogens is 392 g/mol. The van der Waals surface area contributed by atoms with Gasteiger partial charge in [0.05, 0.1) is 25.4 Å². The van der Waals surface area contributed by atoms with Gasteiger partial charge < -0.3 is 9.40 Å². The van der Waals surface area contributed by atoms with Gasteiger partial charge in [0.15, 0.2) is 5.82 Å². The smallest absolute Gasteiger partial charge is 0.252 e. The Balaban J connectivity index is 1.44. The van der Waals surface area contributed by atoms with Crippen molar-refractivity contribution >= 4 is 10.9 Å². The highest BCUT2D eigenvalue weighted by Gasteiger charge is 2.23. The molecule has 4 aromatic rings. The molecule has 160 valence electrons. The first-order valence-corrected chi connectivity index (χ1v) is 10.8. The molecule has 0 atom stereocenters. The first-order valence-electron chi connectivity index (χ1n) is 10.8. The van der Waals surface area contributed by atoms with Crippen LogP contribution in [0.4, 0.5) is 0 Å². The standard InChI is InChI=1S/C23H26N6O2/c1-16-8-9-17-12-18(23(30)24-21(17)11-16)13-28(14-20-7-4-10-31-20)15-22-25-26-27-29(22)19-5-2-3-6-19/h4,7-12,19H,2-3,5-6,13-15H2,1H3,(H,24,30). The summed E-state index contributed by atoms with van der Waals surface area (Å²) in [6, 6.07) is 12.3. The number of benzene rings is 1. The Bertz CT molecular complexity index is 1220. The number of tetrazole rings is 1. The summed E-state index contributed by atoms with van der Waals surface area (Å²) in [4.78, 5) is 18.0. The van der Waals surface area contributed by atoms with Crippen molar-refractivity contribution in [2.75, 3.05) is 0 Å². The van der Waals surface area contributed by atoms with Crippen LogP contribution in [-0.4, -0.2) is 30.1 Å². The minimum atomic E-state index is -0.0714. The molecule has 0 spiro atoms. The van der Waals surface area contributed by atoms with E-state index in [1.54, 1.807) is 6.26 Å². The van der Waals surface area contributed by atoms with E-state index in [9.17, 15) is 4.79 Å². The highest BCUT2D eigenvalue weighted by molar-refractivity contribution is 5.79. The van der Waals surface area contributed by atoms with Gasteiger partial charge in [-0.15, -0.1) is 5.10 Å². The highest BCUT2D eigenvalue weighted by Crippen LogP contribution is 2.29. The summed E-state index contributed by atoms with van der Waals surface area (Å²) in [5.41, 5.74) is 2.62. The van der Waals surface area contributed by atoms with E-state index in [2.05, 4.69) is 31.5 Å². The van der Waals surface area contributed by atoms with Crippen molar-refractivity contribution in [3.8, 4) is 0 Å². The molecule has 8 nitrogen and oxygen atoms in total. The van der Waals surface area contributed by atoms with Gasteiger partial charge in [-0.1, -0.05) is 25.0 Å². The average molecular weight is 419 g/mol. The molecule has 8 heteroatoms. The Morgan fingerprint density at radius 3 is 2.84 bits per heavy atom. The molecule has 5 rings (SSSR count). The Labute approximate surface area is 179 Å². The van der Waals surface area contributed by atoms with Crippen LogP contribution in [0.2, 0.25) is 0 Å². The van der Waals surface area contributed by atoms with Crippen molar-refractivity contribution in [1.82, 2.24) is 30.1 Å². The fourth-order valence-corrected chi connectivity index (χ4v) is 4.46. The molecule has 31 heavy (non-hydrogen) atoms. The molecule has 0 bridgehead atoms. The maximum atomic E-state index is 12.8. The second-order valence-corrected chi connectivity index (χ2v) is 8.42. The van der Waals surface area contributed by atoms with Crippen LogP contribution < -0.4 is 5.56 Å². The van der Waals surface area contributed by atoms with Crippen molar-refractivity contribution in [2.24, 2.45) is 0 Å². The number of hydrogen-bond acceptors (Lipinski definition) is 6. The van der Waals surface area contributed by atoms with Crippen molar-refractivity contribution in [1.29, 1.82) is 0 Å². The molecular formula is C23H26N6O2. The summed E-state index contributed by atoms with van der Waals surface area (Å²) >= 11 is 0. The number of nitrogens with one attached hydrogen (secondary N) is 1. The first-order chi connectivity index (χ1) is 15.2. The number of aromatic amines is 1. The number of rotatable bonds is 7. The zero-order valence-electron chi connectivity index (χ0n) is 17.6. The Morgan fingerprint density at radius 2 is 2.03 bits per heavy atom. The second kappa shape index (κ2) is 8.47. The molecule has 3 heterocycles. The largest absolute Gasteiger partial charge is 0.468 e. The van der Waals surface area contributed by atoms with Crippen LogP contribution in [0.15, 0.2) is 51.9 Å². The van der Waals surface area contributed by atoms with Crippen LogP contribution in [0.3, 0.4) is 0 Å². The summed E-state index contributed by atoms with van der Waals surface area (Å²) in [6.45, 7) is 3.59. The van der Waals surface area contributed by atoms with Crippen molar-refractivity contribution in [2.45, 2.75) is 58.3 Å². The third-order valence-corrected chi connectivity index (χ3v) is 6.03.